The van der Waals surface area contributed by atoms with E-state index in [-0.39, 0.29) is 11.0 Å². The van der Waals surface area contributed by atoms with Gasteiger partial charge in [-0.3, -0.25) is 0 Å². The largest absolute Gasteiger partial charge is 0.478 e. The summed E-state index contributed by atoms with van der Waals surface area (Å²) in [5.74, 6) is -0.344. The second kappa shape index (κ2) is 6.38. The Morgan fingerprint density at radius 1 is 1.45 bits per heavy atom. The highest BCUT2D eigenvalue weighted by Gasteiger charge is 2.20. The van der Waals surface area contributed by atoms with Crippen molar-refractivity contribution < 1.29 is 9.90 Å². The predicted octanol–water partition coefficient (Wildman–Crippen LogP) is 2.82. The number of hydrogen-bond donors (Lipinski definition) is 1. The maximum absolute atomic E-state index is 11.3. The van der Waals surface area contributed by atoms with Crippen LogP contribution in [0.4, 0.5) is 5.82 Å². The van der Waals surface area contributed by atoms with E-state index in [9.17, 15) is 9.90 Å². The molecule has 1 heterocycles. The molecule has 0 radical (unpaired) electrons. The molecular weight excluding hydrogens is 254 g/mol. The zero-order valence-corrected chi connectivity index (χ0v) is 12.5. The number of rotatable bonds is 5. The lowest BCUT2D eigenvalue weighted by molar-refractivity contribution is 0.0696. The first-order chi connectivity index (χ1) is 9.29. The third-order valence-corrected chi connectivity index (χ3v) is 3.03. The van der Waals surface area contributed by atoms with Crippen molar-refractivity contribution in [2.24, 2.45) is 0 Å². The summed E-state index contributed by atoms with van der Waals surface area (Å²) in [5, 5.41) is 17.9. The molecule has 1 rings (SSSR count). The maximum Gasteiger partial charge on any atom is 0.335 e. The van der Waals surface area contributed by atoms with Gasteiger partial charge >= 0.3 is 5.97 Å². The van der Waals surface area contributed by atoms with Crippen LogP contribution in [0.1, 0.15) is 50.2 Å². The van der Waals surface area contributed by atoms with Crippen molar-refractivity contribution >= 4 is 11.8 Å². The van der Waals surface area contributed by atoms with Crippen molar-refractivity contribution in [3.8, 4) is 6.07 Å². The first-order valence-electron chi connectivity index (χ1n) is 6.67. The predicted molar refractivity (Wildman–Crippen MR) is 78.0 cm³/mol. The topological polar surface area (TPSA) is 77.2 Å². The summed E-state index contributed by atoms with van der Waals surface area (Å²) in [5.41, 5.74) is 0.743. The first-order valence-corrected chi connectivity index (χ1v) is 6.67. The van der Waals surface area contributed by atoms with Gasteiger partial charge in [0, 0.05) is 24.2 Å². The van der Waals surface area contributed by atoms with Gasteiger partial charge in [0.2, 0.25) is 0 Å². The maximum atomic E-state index is 11.3. The second-order valence-corrected chi connectivity index (χ2v) is 5.64. The molecule has 20 heavy (non-hydrogen) atoms. The van der Waals surface area contributed by atoms with E-state index in [1.807, 2.05) is 32.6 Å². The first kappa shape index (κ1) is 16.0. The van der Waals surface area contributed by atoms with Gasteiger partial charge in [-0.25, -0.2) is 9.78 Å². The van der Waals surface area contributed by atoms with Crippen LogP contribution >= 0.6 is 0 Å². The highest BCUT2D eigenvalue weighted by Crippen LogP contribution is 2.25. The molecular formula is C15H21N3O2. The summed E-state index contributed by atoms with van der Waals surface area (Å²) in [6.07, 6.45) is 0.387. The molecule has 0 fully saturated rings. The van der Waals surface area contributed by atoms with Gasteiger partial charge in [-0.1, -0.05) is 20.8 Å². The molecule has 0 saturated heterocycles. The Labute approximate surface area is 119 Å². The number of nitriles is 1. The van der Waals surface area contributed by atoms with Crippen molar-refractivity contribution in [2.75, 3.05) is 18.0 Å². The summed E-state index contributed by atoms with van der Waals surface area (Å²) < 4.78 is 0. The lowest BCUT2D eigenvalue weighted by Crippen LogP contribution is -2.26. The smallest absolute Gasteiger partial charge is 0.335 e. The molecule has 0 saturated carbocycles. The molecule has 0 spiro atoms. The third kappa shape index (κ3) is 3.95. The van der Waals surface area contributed by atoms with E-state index < -0.39 is 5.97 Å². The van der Waals surface area contributed by atoms with E-state index in [2.05, 4.69) is 11.1 Å². The molecule has 1 N–H and O–H groups in total. The van der Waals surface area contributed by atoms with Crippen molar-refractivity contribution in [1.82, 2.24) is 4.98 Å². The molecule has 1 aromatic heterocycles. The van der Waals surface area contributed by atoms with Crippen LogP contribution in [0.2, 0.25) is 0 Å². The number of anilines is 1. The van der Waals surface area contributed by atoms with Crippen molar-refractivity contribution in [1.29, 1.82) is 5.26 Å². The van der Waals surface area contributed by atoms with Crippen molar-refractivity contribution in [2.45, 2.75) is 39.5 Å². The van der Waals surface area contributed by atoms with Crippen LogP contribution < -0.4 is 4.90 Å². The van der Waals surface area contributed by atoms with Gasteiger partial charge in [0.1, 0.15) is 5.82 Å². The lowest BCUT2D eigenvalue weighted by atomic mass is 9.90. The normalized spacial score (nSPS) is 10.9. The lowest BCUT2D eigenvalue weighted by Gasteiger charge is -2.25. The Kier molecular flexibility index (Phi) is 5.09. The highest BCUT2D eigenvalue weighted by molar-refractivity contribution is 5.88. The number of hydrogen-bond acceptors (Lipinski definition) is 4. The molecule has 0 aliphatic heterocycles. The minimum Gasteiger partial charge on any atom is -0.478 e. The van der Waals surface area contributed by atoms with E-state index in [4.69, 9.17) is 5.26 Å². The summed E-state index contributed by atoms with van der Waals surface area (Å²) >= 11 is 0. The van der Waals surface area contributed by atoms with Gasteiger partial charge in [-0.05, 0) is 19.1 Å². The number of carbonyl (C=O) groups is 1. The minimum absolute atomic E-state index is 0.227. The number of aromatic nitrogens is 1. The molecule has 0 aliphatic rings. The van der Waals surface area contributed by atoms with Gasteiger partial charge < -0.3 is 10.0 Å². The monoisotopic (exact) mass is 275 g/mol. The average Bonchev–Trinajstić information content (AvgIpc) is 2.38. The van der Waals surface area contributed by atoms with Crippen LogP contribution in [0.25, 0.3) is 0 Å². The molecule has 0 amide bonds. The minimum atomic E-state index is -0.963. The summed E-state index contributed by atoms with van der Waals surface area (Å²) in [6.45, 7) is 9.18. The van der Waals surface area contributed by atoms with Crippen LogP contribution in [0.15, 0.2) is 12.1 Å². The third-order valence-electron chi connectivity index (χ3n) is 3.03. The summed E-state index contributed by atoms with van der Waals surface area (Å²) in [4.78, 5) is 17.7. The van der Waals surface area contributed by atoms with Crippen molar-refractivity contribution in [3.63, 3.8) is 0 Å². The standard InChI is InChI=1S/C15H21N3O2/c1-5-18(8-6-7-16)13-10-11(14(19)20)9-12(17-13)15(2,3)4/h9-10H,5-6,8H2,1-4H3,(H,19,20). The Morgan fingerprint density at radius 3 is 2.55 bits per heavy atom. The SMILES string of the molecule is CCN(CCC#N)c1cc(C(=O)O)cc(C(C)(C)C)n1. The molecule has 0 aromatic carbocycles. The quantitative estimate of drug-likeness (QED) is 0.894. The number of carboxylic acids is 1. The van der Waals surface area contributed by atoms with Gasteiger partial charge in [0.05, 0.1) is 18.1 Å². The fraction of sp³-hybridized carbons (Fsp3) is 0.533. The summed E-state index contributed by atoms with van der Waals surface area (Å²) in [6, 6.07) is 5.28. The second-order valence-electron chi connectivity index (χ2n) is 5.64. The molecule has 5 heteroatoms. The zero-order chi connectivity index (χ0) is 15.3. The molecule has 0 aliphatic carbocycles. The van der Waals surface area contributed by atoms with Crippen LogP contribution in [0.5, 0.6) is 0 Å². The molecule has 108 valence electrons. The number of pyridine rings is 1. The van der Waals surface area contributed by atoms with Gasteiger partial charge in [-0.15, -0.1) is 0 Å². The number of nitrogens with zero attached hydrogens (tertiary/aromatic N) is 3. The van der Waals surface area contributed by atoms with Crippen LogP contribution in [0.3, 0.4) is 0 Å². The molecule has 5 nitrogen and oxygen atoms in total. The Balaban J connectivity index is 3.27. The molecule has 0 bridgehead atoms. The number of aromatic carboxylic acids is 1. The van der Waals surface area contributed by atoms with E-state index in [0.717, 1.165) is 5.69 Å². The van der Waals surface area contributed by atoms with E-state index in [0.29, 0.717) is 25.3 Å². The van der Waals surface area contributed by atoms with Gasteiger partial charge in [-0.2, -0.15) is 5.26 Å². The molecule has 0 atom stereocenters. The summed E-state index contributed by atoms with van der Waals surface area (Å²) in [7, 11) is 0. The van der Waals surface area contributed by atoms with E-state index >= 15 is 0 Å². The Morgan fingerprint density at radius 2 is 2.10 bits per heavy atom. The fourth-order valence-electron chi connectivity index (χ4n) is 1.81. The average molecular weight is 275 g/mol. The Bertz CT molecular complexity index is 527. The van der Waals surface area contributed by atoms with Crippen LogP contribution in [-0.4, -0.2) is 29.1 Å². The van der Waals surface area contributed by atoms with E-state index in [1.54, 1.807) is 12.1 Å². The molecule has 0 unspecified atom stereocenters. The number of carboxylic acid groups (broad SMARTS) is 1. The highest BCUT2D eigenvalue weighted by atomic mass is 16.4. The van der Waals surface area contributed by atoms with Crippen LogP contribution in [-0.2, 0) is 5.41 Å². The Hall–Kier alpha value is -2.09. The molecule has 1 aromatic rings. The fourth-order valence-corrected chi connectivity index (χ4v) is 1.81. The van der Waals surface area contributed by atoms with E-state index in [1.165, 1.54) is 0 Å². The van der Waals surface area contributed by atoms with Crippen molar-refractivity contribution in [3.05, 3.63) is 23.4 Å². The zero-order valence-electron chi connectivity index (χ0n) is 12.5. The van der Waals surface area contributed by atoms with Gasteiger partial charge in [0.15, 0.2) is 0 Å². The van der Waals surface area contributed by atoms with Gasteiger partial charge in [0.25, 0.3) is 0 Å². The van der Waals surface area contributed by atoms with Crippen LogP contribution in [0, 0.1) is 11.3 Å².